The van der Waals surface area contributed by atoms with E-state index in [0.717, 1.165) is 0 Å². The van der Waals surface area contributed by atoms with Crippen molar-refractivity contribution in [3.05, 3.63) is 67.1 Å². The number of hydrogen-bond acceptors (Lipinski definition) is 4. The lowest BCUT2D eigenvalue weighted by Gasteiger charge is -2.06. The molecule has 0 saturated heterocycles. The van der Waals surface area contributed by atoms with Crippen LogP contribution in [-0.4, -0.2) is 11.1 Å². The molecule has 0 unspecified atom stereocenters. The number of rotatable bonds is 4. The predicted molar refractivity (Wildman–Crippen MR) is 85.8 cm³/mol. The fourth-order valence-electron chi connectivity index (χ4n) is 1.58. The molecule has 0 aliphatic heterocycles. The highest BCUT2D eigenvalue weighted by Gasteiger charge is 2.10. The number of hydrogen-bond donors (Lipinski definition) is 1. The van der Waals surface area contributed by atoms with Crippen molar-refractivity contribution in [1.29, 1.82) is 0 Å². The van der Waals surface area contributed by atoms with Crippen molar-refractivity contribution in [2.45, 2.75) is 0 Å². The van der Waals surface area contributed by atoms with Crippen molar-refractivity contribution in [1.82, 2.24) is 0 Å². The van der Waals surface area contributed by atoms with Gasteiger partial charge in [-0.3, -0.25) is 15.5 Å². The second kappa shape index (κ2) is 6.76. The number of nitro groups is 1. The third kappa shape index (κ3) is 3.85. The van der Waals surface area contributed by atoms with Gasteiger partial charge in [0.2, 0.25) is 0 Å². The maximum absolute atomic E-state index is 10.9. The van der Waals surface area contributed by atoms with E-state index in [9.17, 15) is 10.1 Å². The first kappa shape index (κ1) is 15.6. The van der Waals surface area contributed by atoms with Crippen molar-refractivity contribution in [3.63, 3.8) is 0 Å². The Morgan fingerprint density at radius 2 is 1.76 bits per heavy atom. The second-order valence-corrected chi connectivity index (χ2v) is 5.18. The quantitative estimate of drug-likeness (QED) is 0.482. The molecule has 0 aliphatic rings. The van der Waals surface area contributed by atoms with E-state index in [1.807, 2.05) is 0 Å². The minimum absolute atomic E-state index is 0.0450. The summed E-state index contributed by atoms with van der Waals surface area (Å²) in [5.74, 6) is 0. The first-order valence-electron chi connectivity index (χ1n) is 5.66. The van der Waals surface area contributed by atoms with Gasteiger partial charge in [0, 0.05) is 11.1 Å². The van der Waals surface area contributed by atoms with Gasteiger partial charge < -0.3 is 0 Å². The van der Waals surface area contributed by atoms with Crippen molar-refractivity contribution >= 4 is 52.4 Å². The fraction of sp³-hybridized carbons (Fsp3) is 0. The monoisotopic (exact) mass is 343 g/mol. The van der Waals surface area contributed by atoms with E-state index >= 15 is 0 Å². The van der Waals surface area contributed by atoms with Gasteiger partial charge in [-0.2, -0.15) is 5.10 Å². The number of benzene rings is 2. The lowest BCUT2D eigenvalue weighted by Crippen LogP contribution is -1.96. The molecule has 0 atom stereocenters. The standard InChI is InChI=1S/C13H8Cl3N3O2/c14-9-5-10(15)13(11(16)6-9)18-17-7-8-3-1-2-4-12(8)19(20)21/h1-7,18H. The van der Waals surface area contributed by atoms with Crippen molar-refractivity contribution in [2.24, 2.45) is 5.10 Å². The van der Waals surface area contributed by atoms with Crippen LogP contribution in [0.2, 0.25) is 15.1 Å². The largest absolute Gasteiger partial charge is 0.278 e. The highest BCUT2D eigenvalue weighted by atomic mass is 35.5. The molecule has 21 heavy (non-hydrogen) atoms. The number of hydrazone groups is 1. The van der Waals surface area contributed by atoms with Gasteiger partial charge in [0.1, 0.15) is 0 Å². The molecule has 0 aliphatic carbocycles. The summed E-state index contributed by atoms with van der Waals surface area (Å²) in [6.45, 7) is 0. The van der Waals surface area contributed by atoms with E-state index in [1.165, 1.54) is 24.4 Å². The highest BCUT2D eigenvalue weighted by molar-refractivity contribution is 6.41. The molecular formula is C13H8Cl3N3O2. The molecule has 2 rings (SSSR count). The Hall–Kier alpha value is -1.82. The molecule has 0 heterocycles. The highest BCUT2D eigenvalue weighted by Crippen LogP contribution is 2.33. The van der Waals surface area contributed by atoms with Crippen LogP contribution in [0.3, 0.4) is 0 Å². The Balaban J connectivity index is 2.23. The number of para-hydroxylation sites is 1. The topological polar surface area (TPSA) is 67.5 Å². The summed E-state index contributed by atoms with van der Waals surface area (Å²) in [5, 5.41) is 15.8. The minimum atomic E-state index is -0.483. The summed E-state index contributed by atoms with van der Waals surface area (Å²) >= 11 is 17.8. The van der Waals surface area contributed by atoms with E-state index in [-0.39, 0.29) is 5.69 Å². The molecule has 8 heteroatoms. The van der Waals surface area contributed by atoms with Gasteiger partial charge in [-0.1, -0.05) is 46.9 Å². The first-order valence-corrected chi connectivity index (χ1v) is 6.79. The van der Waals surface area contributed by atoms with Crippen LogP contribution in [0.1, 0.15) is 5.56 Å². The van der Waals surface area contributed by atoms with Crippen LogP contribution in [0.25, 0.3) is 0 Å². The van der Waals surface area contributed by atoms with E-state index in [2.05, 4.69) is 10.5 Å². The number of nitrogens with one attached hydrogen (secondary N) is 1. The molecule has 0 radical (unpaired) electrons. The number of nitrogens with zero attached hydrogens (tertiary/aromatic N) is 2. The summed E-state index contributed by atoms with van der Waals surface area (Å²) in [6, 6.07) is 9.25. The first-order chi connectivity index (χ1) is 9.99. The van der Waals surface area contributed by atoms with E-state index in [0.29, 0.717) is 26.3 Å². The van der Waals surface area contributed by atoms with Gasteiger partial charge in [0.25, 0.3) is 5.69 Å². The predicted octanol–water partition coefficient (Wildman–Crippen LogP) is 5.00. The van der Waals surface area contributed by atoms with Gasteiger partial charge in [0.15, 0.2) is 0 Å². The summed E-state index contributed by atoms with van der Waals surface area (Å²) < 4.78 is 0. The zero-order chi connectivity index (χ0) is 15.4. The van der Waals surface area contributed by atoms with Crippen LogP contribution >= 0.6 is 34.8 Å². The molecule has 0 aromatic heterocycles. The van der Waals surface area contributed by atoms with Gasteiger partial charge in [0.05, 0.1) is 32.4 Å². The Morgan fingerprint density at radius 1 is 1.14 bits per heavy atom. The van der Waals surface area contributed by atoms with Gasteiger partial charge >= 0.3 is 0 Å². The van der Waals surface area contributed by atoms with Crippen LogP contribution < -0.4 is 5.43 Å². The maximum Gasteiger partial charge on any atom is 0.278 e. The van der Waals surface area contributed by atoms with E-state index in [4.69, 9.17) is 34.8 Å². The third-order valence-corrected chi connectivity index (χ3v) is 3.33. The third-order valence-electron chi connectivity index (χ3n) is 2.52. The summed E-state index contributed by atoms with van der Waals surface area (Å²) in [6.07, 6.45) is 1.32. The van der Waals surface area contributed by atoms with Crippen molar-refractivity contribution in [2.75, 3.05) is 5.43 Å². The number of nitro benzene ring substituents is 1. The molecule has 5 nitrogen and oxygen atoms in total. The van der Waals surface area contributed by atoms with Crippen LogP contribution in [0, 0.1) is 10.1 Å². The van der Waals surface area contributed by atoms with E-state index in [1.54, 1.807) is 18.2 Å². The van der Waals surface area contributed by atoms with E-state index < -0.39 is 4.92 Å². The molecule has 1 N–H and O–H groups in total. The molecule has 0 amide bonds. The number of anilines is 1. The zero-order valence-electron chi connectivity index (χ0n) is 10.4. The van der Waals surface area contributed by atoms with Crippen molar-refractivity contribution < 1.29 is 4.92 Å². The number of halogens is 3. The van der Waals surface area contributed by atoms with Crippen LogP contribution in [0.15, 0.2) is 41.5 Å². The SMILES string of the molecule is O=[N+]([O-])c1ccccc1C=NNc1c(Cl)cc(Cl)cc1Cl. The second-order valence-electron chi connectivity index (χ2n) is 3.93. The molecule has 2 aromatic rings. The van der Waals surface area contributed by atoms with Crippen LogP contribution in [-0.2, 0) is 0 Å². The average Bonchev–Trinajstić information content (AvgIpc) is 2.42. The average molecular weight is 345 g/mol. The fourth-order valence-corrected chi connectivity index (χ4v) is 2.48. The molecule has 0 bridgehead atoms. The van der Waals surface area contributed by atoms with Crippen molar-refractivity contribution in [3.8, 4) is 0 Å². The molecule has 0 spiro atoms. The lowest BCUT2D eigenvalue weighted by molar-refractivity contribution is -0.385. The van der Waals surface area contributed by atoms with Crippen LogP contribution in [0.4, 0.5) is 11.4 Å². The molecule has 2 aromatic carbocycles. The minimum Gasteiger partial charge on any atom is -0.275 e. The molecular weight excluding hydrogens is 337 g/mol. The van der Waals surface area contributed by atoms with Gasteiger partial charge in [-0.25, -0.2) is 0 Å². The maximum atomic E-state index is 10.9. The Morgan fingerprint density at radius 3 is 2.38 bits per heavy atom. The van der Waals surface area contributed by atoms with Gasteiger partial charge in [-0.15, -0.1) is 0 Å². The lowest BCUT2D eigenvalue weighted by atomic mass is 10.2. The Bertz CT molecular complexity index is 697. The van der Waals surface area contributed by atoms with Gasteiger partial charge in [-0.05, 0) is 18.2 Å². The molecule has 0 fully saturated rings. The zero-order valence-corrected chi connectivity index (χ0v) is 12.7. The summed E-state index contributed by atoms with van der Waals surface area (Å²) in [5.41, 5.74) is 3.33. The molecule has 108 valence electrons. The molecule has 0 saturated carbocycles. The smallest absolute Gasteiger partial charge is 0.275 e. The summed E-state index contributed by atoms with van der Waals surface area (Å²) in [7, 11) is 0. The Kier molecular flexibility index (Phi) is 5.01. The Labute approximate surface area is 135 Å². The normalized spacial score (nSPS) is 10.8. The van der Waals surface area contributed by atoms with Crippen LogP contribution in [0.5, 0.6) is 0 Å². The summed E-state index contributed by atoms with van der Waals surface area (Å²) in [4.78, 5) is 10.4.